The number of aryl methyl sites for hydroxylation is 1. The van der Waals surface area contributed by atoms with Crippen LogP contribution in [0.15, 0.2) is 24.7 Å². The number of aromatic amines is 1. The number of carbonyl (C=O) groups excluding carboxylic acids is 1. The van der Waals surface area contributed by atoms with E-state index in [1.807, 2.05) is 19.3 Å². The van der Waals surface area contributed by atoms with E-state index in [0.29, 0.717) is 5.69 Å². The Hall–Kier alpha value is -1.97. The van der Waals surface area contributed by atoms with Crippen molar-refractivity contribution in [2.24, 2.45) is 12.2 Å². The van der Waals surface area contributed by atoms with E-state index in [1.165, 1.54) is 7.11 Å². The van der Waals surface area contributed by atoms with E-state index in [9.17, 15) is 4.79 Å². The number of hydrogen-bond donors (Lipinski definition) is 2. The zero-order valence-corrected chi connectivity index (χ0v) is 11.1. The fraction of sp³-hybridized carbons (Fsp3) is 0.200. The number of nitrogens with zero attached hydrogens (tertiary/aromatic N) is 2. The number of ether oxygens (including phenoxy) is 1. The summed E-state index contributed by atoms with van der Waals surface area (Å²) >= 11 is -2.36. The maximum absolute atomic E-state index is 11.4. The van der Waals surface area contributed by atoms with Gasteiger partial charge in [-0.15, -0.1) is 0 Å². The van der Waals surface area contributed by atoms with Crippen LogP contribution in [0.2, 0.25) is 0 Å². The molecular weight excluding hydrogens is 272 g/mol. The van der Waals surface area contributed by atoms with Crippen LogP contribution in [0.25, 0.3) is 11.1 Å². The summed E-state index contributed by atoms with van der Waals surface area (Å²) in [6.45, 7) is 0. The van der Waals surface area contributed by atoms with Gasteiger partial charge in [0.15, 0.2) is 0 Å². The molecule has 0 spiro atoms. The molecule has 0 saturated carbocycles. The molecule has 0 amide bonds. The van der Waals surface area contributed by atoms with Gasteiger partial charge in [0.25, 0.3) is 0 Å². The number of hydrogen-bond acceptors (Lipinski definition) is 5. The Kier molecular flexibility index (Phi) is 5.42. The van der Waals surface area contributed by atoms with Gasteiger partial charge in [-0.3, -0.25) is 14.0 Å². The van der Waals surface area contributed by atoms with Gasteiger partial charge in [0.1, 0.15) is 5.69 Å². The van der Waals surface area contributed by atoms with Crippen LogP contribution < -0.4 is 5.14 Å². The lowest BCUT2D eigenvalue weighted by molar-refractivity contribution is 0.0595. The summed E-state index contributed by atoms with van der Waals surface area (Å²) in [5.41, 5.74) is 2.14. The van der Waals surface area contributed by atoms with Gasteiger partial charge in [-0.25, -0.2) is 4.79 Å². The third-order valence-electron chi connectivity index (χ3n) is 2.15. The average molecular weight is 285 g/mol. The van der Waals surface area contributed by atoms with Gasteiger partial charge in [0.05, 0.1) is 13.3 Å². The van der Waals surface area contributed by atoms with Crippen LogP contribution in [0.1, 0.15) is 10.5 Å². The second-order valence-electron chi connectivity index (χ2n) is 3.42. The van der Waals surface area contributed by atoms with Crippen molar-refractivity contribution in [2.75, 3.05) is 7.11 Å². The lowest BCUT2D eigenvalue weighted by Crippen LogP contribution is -2.02. The van der Waals surface area contributed by atoms with Crippen molar-refractivity contribution in [1.29, 1.82) is 0 Å². The second kappa shape index (κ2) is 6.83. The summed E-state index contributed by atoms with van der Waals surface area (Å²) in [6, 6.07) is 1.82. The number of rotatable bonds is 2. The van der Waals surface area contributed by atoms with E-state index in [-0.39, 0.29) is 5.97 Å². The summed E-state index contributed by atoms with van der Waals surface area (Å²) in [7, 11) is 3.18. The Balaban J connectivity index is 0.000000399. The molecule has 0 aliphatic heterocycles. The molecule has 0 fully saturated rings. The predicted molar refractivity (Wildman–Crippen MR) is 67.4 cm³/mol. The smallest absolute Gasteiger partial charge is 0.355 e. The second-order valence-corrected chi connectivity index (χ2v) is 3.94. The van der Waals surface area contributed by atoms with Crippen molar-refractivity contribution in [3.8, 4) is 11.1 Å². The first-order valence-electron chi connectivity index (χ1n) is 5.04. The topological polar surface area (TPSA) is 126 Å². The van der Waals surface area contributed by atoms with Crippen molar-refractivity contribution in [3.05, 3.63) is 30.4 Å². The van der Waals surface area contributed by atoms with Gasteiger partial charge in [-0.1, -0.05) is 0 Å². The number of carbonyl (C=O) groups is 1. The van der Waals surface area contributed by atoms with Crippen LogP contribution in [-0.4, -0.2) is 36.6 Å². The highest BCUT2D eigenvalue weighted by Crippen LogP contribution is 2.22. The van der Waals surface area contributed by atoms with E-state index in [2.05, 4.69) is 20.0 Å². The minimum absolute atomic E-state index is 0.376. The third-order valence-corrected chi connectivity index (χ3v) is 2.15. The highest BCUT2D eigenvalue weighted by atomic mass is 32.2. The molecule has 1 atom stereocenters. The van der Waals surface area contributed by atoms with Gasteiger partial charge < -0.3 is 14.3 Å². The Bertz CT molecular complexity index is 574. The standard InChI is InChI=1S/C10H11N3O2.H3NO2S/c1-13-6-7(5-12-13)8-3-4-11-9(8)10(14)15-2;1-4(2)3/h3-6,11H,1-2H3;1H2,(H,2,3)/p-1. The molecule has 0 bridgehead atoms. The summed E-state index contributed by atoms with van der Waals surface area (Å²) < 4.78 is 23.9. The number of esters is 1. The molecular formula is C10H13N4O4S-. The van der Waals surface area contributed by atoms with Crippen LogP contribution in [0, 0.1) is 0 Å². The molecule has 104 valence electrons. The summed E-state index contributed by atoms with van der Waals surface area (Å²) in [5.74, 6) is -0.376. The van der Waals surface area contributed by atoms with E-state index in [0.717, 1.165) is 11.1 Å². The van der Waals surface area contributed by atoms with Crippen LogP contribution in [-0.2, 0) is 23.1 Å². The normalized spacial score (nSPS) is 11.4. The van der Waals surface area contributed by atoms with E-state index in [1.54, 1.807) is 17.1 Å². The fourth-order valence-corrected chi connectivity index (χ4v) is 1.44. The third kappa shape index (κ3) is 4.32. The Morgan fingerprint density at radius 3 is 2.74 bits per heavy atom. The van der Waals surface area contributed by atoms with Crippen molar-refractivity contribution in [3.63, 3.8) is 0 Å². The summed E-state index contributed by atoms with van der Waals surface area (Å²) in [5, 5.41) is 8.08. The quantitative estimate of drug-likeness (QED) is 0.590. The van der Waals surface area contributed by atoms with E-state index >= 15 is 0 Å². The first-order chi connectivity index (χ1) is 8.95. The van der Waals surface area contributed by atoms with Gasteiger partial charge in [-0.2, -0.15) is 5.10 Å². The molecule has 2 aromatic rings. The maximum atomic E-state index is 11.4. The van der Waals surface area contributed by atoms with Crippen LogP contribution in [0.3, 0.4) is 0 Å². The Morgan fingerprint density at radius 1 is 1.63 bits per heavy atom. The van der Waals surface area contributed by atoms with Crippen LogP contribution in [0.5, 0.6) is 0 Å². The van der Waals surface area contributed by atoms with Crippen LogP contribution in [0.4, 0.5) is 0 Å². The molecule has 2 rings (SSSR count). The molecule has 0 aliphatic carbocycles. The zero-order valence-electron chi connectivity index (χ0n) is 10.3. The molecule has 9 heteroatoms. The number of nitrogens with two attached hydrogens (primary N) is 1. The van der Waals surface area contributed by atoms with E-state index < -0.39 is 11.3 Å². The highest BCUT2D eigenvalue weighted by Gasteiger charge is 2.15. The highest BCUT2D eigenvalue weighted by molar-refractivity contribution is 7.76. The van der Waals surface area contributed by atoms with E-state index in [4.69, 9.17) is 8.76 Å². The summed E-state index contributed by atoms with van der Waals surface area (Å²) in [4.78, 5) is 14.2. The lowest BCUT2D eigenvalue weighted by Gasteiger charge is -1.98. The van der Waals surface area contributed by atoms with Crippen molar-refractivity contribution >= 4 is 17.2 Å². The number of methoxy groups -OCH3 is 1. The Labute approximate surface area is 112 Å². The van der Waals surface area contributed by atoms with Crippen molar-refractivity contribution in [2.45, 2.75) is 0 Å². The lowest BCUT2D eigenvalue weighted by atomic mass is 10.1. The van der Waals surface area contributed by atoms with Gasteiger partial charge >= 0.3 is 5.97 Å². The Morgan fingerprint density at radius 2 is 2.26 bits per heavy atom. The van der Waals surface area contributed by atoms with Gasteiger partial charge in [0.2, 0.25) is 0 Å². The minimum atomic E-state index is -2.36. The molecule has 1 unspecified atom stereocenters. The molecule has 0 aromatic carbocycles. The van der Waals surface area contributed by atoms with Crippen LogP contribution >= 0.6 is 0 Å². The molecule has 0 aliphatic rings. The zero-order chi connectivity index (χ0) is 14.4. The SMILES string of the molecule is COC(=O)c1[nH]ccc1-c1cnn(C)c1.NS(=O)[O-]. The molecule has 2 heterocycles. The molecule has 0 radical (unpaired) electrons. The first kappa shape index (κ1) is 15.1. The fourth-order valence-electron chi connectivity index (χ4n) is 1.44. The van der Waals surface area contributed by atoms with Gasteiger partial charge in [0, 0.05) is 41.8 Å². The first-order valence-corrected chi connectivity index (χ1v) is 6.18. The minimum Gasteiger partial charge on any atom is -0.760 e. The van der Waals surface area contributed by atoms with Gasteiger partial charge in [-0.05, 0) is 6.07 Å². The summed E-state index contributed by atoms with van der Waals surface area (Å²) in [6.07, 6.45) is 5.25. The molecule has 8 nitrogen and oxygen atoms in total. The van der Waals surface area contributed by atoms with Crippen molar-refractivity contribution < 1.29 is 18.3 Å². The number of nitrogens with one attached hydrogen (secondary N) is 1. The van der Waals surface area contributed by atoms with Crippen molar-refractivity contribution in [1.82, 2.24) is 14.8 Å². The maximum Gasteiger partial charge on any atom is 0.355 e. The molecule has 0 saturated heterocycles. The molecule has 2 aromatic heterocycles. The molecule has 19 heavy (non-hydrogen) atoms. The average Bonchev–Trinajstić information content (AvgIpc) is 2.95. The molecule has 3 N–H and O–H groups in total. The predicted octanol–water partition coefficient (Wildman–Crippen LogP) is -0.0590. The largest absolute Gasteiger partial charge is 0.760 e. The number of H-pyrrole nitrogens is 1. The monoisotopic (exact) mass is 285 g/mol. The number of aromatic nitrogens is 3.